The molecule has 2 aromatic rings. The van der Waals surface area contributed by atoms with Crippen LogP contribution in [-0.2, 0) is 0 Å². The Morgan fingerprint density at radius 3 is 2.55 bits per heavy atom. The van der Waals surface area contributed by atoms with E-state index in [1.807, 2.05) is 37.5 Å². The average Bonchev–Trinajstić information content (AvgIpc) is 2.55. The molecule has 0 N–H and O–H groups in total. The first kappa shape index (κ1) is 15.5. The minimum Gasteiger partial charge on any atom is -0.492 e. The van der Waals surface area contributed by atoms with Crippen molar-refractivity contribution in [1.82, 2.24) is 9.97 Å². The van der Waals surface area contributed by atoms with Gasteiger partial charge in [0.05, 0.1) is 11.1 Å². The summed E-state index contributed by atoms with van der Waals surface area (Å²) < 4.78 is 6.96. The standard InChI is InChI=1S/C18H21BrN2O/c1-13-10-20-18(21-11-13)15-7-8-17(16(19)9-15)22-12-14-5-3-2-4-6-14/h7-11,14H,2-6,12H2,1H3. The summed E-state index contributed by atoms with van der Waals surface area (Å²) in [7, 11) is 0. The molecule has 1 saturated carbocycles. The largest absolute Gasteiger partial charge is 0.492 e. The van der Waals surface area contributed by atoms with E-state index < -0.39 is 0 Å². The van der Waals surface area contributed by atoms with Gasteiger partial charge in [0.2, 0.25) is 0 Å². The first-order chi connectivity index (χ1) is 10.7. The zero-order valence-electron chi connectivity index (χ0n) is 12.9. The first-order valence-electron chi connectivity index (χ1n) is 7.94. The number of aromatic nitrogens is 2. The molecule has 3 nitrogen and oxygen atoms in total. The van der Waals surface area contributed by atoms with Crippen molar-refractivity contribution in [2.75, 3.05) is 6.61 Å². The first-order valence-corrected chi connectivity index (χ1v) is 8.73. The molecule has 0 saturated heterocycles. The van der Waals surface area contributed by atoms with E-state index in [0.717, 1.165) is 33.8 Å². The van der Waals surface area contributed by atoms with Crippen molar-refractivity contribution in [3.8, 4) is 17.1 Å². The quantitative estimate of drug-likeness (QED) is 0.753. The Hall–Kier alpha value is -1.42. The lowest BCUT2D eigenvalue weighted by Crippen LogP contribution is -2.15. The number of aryl methyl sites for hydroxylation is 1. The maximum atomic E-state index is 6.00. The highest BCUT2D eigenvalue weighted by molar-refractivity contribution is 9.10. The number of hydrogen-bond donors (Lipinski definition) is 0. The third-order valence-corrected chi connectivity index (χ3v) is 4.79. The molecule has 1 fully saturated rings. The monoisotopic (exact) mass is 360 g/mol. The Morgan fingerprint density at radius 1 is 1.14 bits per heavy atom. The third kappa shape index (κ3) is 3.86. The van der Waals surface area contributed by atoms with Gasteiger partial charge in [-0.15, -0.1) is 0 Å². The van der Waals surface area contributed by atoms with Gasteiger partial charge in [-0.05, 0) is 65.4 Å². The maximum absolute atomic E-state index is 6.00. The van der Waals surface area contributed by atoms with Gasteiger partial charge in [0.15, 0.2) is 5.82 Å². The summed E-state index contributed by atoms with van der Waals surface area (Å²) >= 11 is 3.60. The summed E-state index contributed by atoms with van der Waals surface area (Å²) in [6, 6.07) is 6.05. The van der Waals surface area contributed by atoms with Gasteiger partial charge in [-0.1, -0.05) is 19.3 Å². The number of benzene rings is 1. The van der Waals surface area contributed by atoms with Gasteiger partial charge < -0.3 is 4.74 Å². The van der Waals surface area contributed by atoms with E-state index in [0.29, 0.717) is 5.92 Å². The molecule has 0 amide bonds. The van der Waals surface area contributed by atoms with E-state index >= 15 is 0 Å². The zero-order valence-corrected chi connectivity index (χ0v) is 14.5. The Labute approximate surface area is 140 Å². The Balaban J connectivity index is 1.67. The zero-order chi connectivity index (χ0) is 15.4. The van der Waals surface area contributed by atoms with Crippen molar-refractivity contribution in [3.05, 3.63) is 40.6 Å². The van der Waals surface area contributed by atoms with Gasteiger partial charge in [0, 0.05) is 18.0 Å². The molecule has 1 aliphatic rings. The molecule has 3 rings (SSSR count). The normalized spacial score (nSPS) is 15.7. The van der Waals surface area contributed by atoms with Crippen molar-refractivity contribution < 1.29 is 4.74 Å². The average molecular weight is 361 g/mol. The molecule has 0 bridgehead atoms. The van der Waals surface area contributed by atoms with Crippen molar-refractivity contribution in [2.24, 2.45) is 5.92 Å². The van der Waals surface area contributed by atoms with Gasteiger partial charge in [-0.25, -0.2) is 9.97 Å². The molecule has 0 radical (unpaired) electrons. The van der Waals surface area contributed by atoms with Gasteiger partial charge in [0.1, 0.15) is 5.75 Å². The summed E-state index contributed by atoms with van der Waals surface area (Å²) in [6.45, 7) is 2.81. The number of halogens is 1. The highest BCUT2D eigenvalue weighted by Gasteiger charge is 2.15. The second-order valence-electron chi connectivity index (χ2n) is 6.04. The van der Waals surface area contributed by atoms with Crippen LogP contribution in [0.1, 0.15) is 37.7 Å². The highest BCUT2D eigenvalue weighted by atomic mass is 79.9. The SMILES string of the molecule is Cc1cnc(-c2ccc(OCC3CCCCC3)c(Br)c2)nc1. The second-order valence-corrected chi connectivity index (χ2v) is 6.90. The predicted molar refractivity (Wildman–Crippen MR) is 92.0 cm³/mol. The minimum atomic E-state index is 0.709. The van der Waals surface area contributed by atoms with Crippen LogP contribution < -0.4 is 4.74 Å². The molecule has 116 valence electrons. The van der Waals surface area contributed by atoms with E-state index in [-0.39, 0.29) is 0 Å². The summed E-state index contributed by atoms with van der Waals surface area (Å²) in [6.07, 6.45) is 10.3. The summed E-state index contributed by atoms with van der Waals surface area (Å²) in [5.41, 5.74) is 2.06. The van der Waals surface area contributed by atoms with Crippen molar-refractivity contribution in [1.29, 1.82) is 0 Å². The Bertz CT molecular complexity index is 621. The van der Waals surface area contributed by atoms with Crippen LogP contribution >= 0.6 is 15.9 Å². The molecule has 0 aliphatic heterocycles. The summed E-state index contributed by atoms with van der Waals surface area (Å²) in [4.78, 5) is 8.73. The molecule has 4 heteroatoms. The van der Waals surface area contributed by atoms with Crippen LogP contribution in [0.4, 0.5) is 0 Å². The Morgan fingerprint density at radius 2 is 1.86 bits per heavy atom. The predicted octanol–water partition coefficient (Wildman–Crippen LogP) is 5.17. The molecule has 1 heterocycles. The third-order valence-electron chi connectivity index (χ3n) is 4.17. The summed E-state index contributed by atoms with van der Waals surface area (Å²) in [5.74, 6) is 2.35. The van der Waals surface area contributed by atoms with E-state index in [9.17, 15) is 0 Å². The molecule has 0 unspecified atom stereocenters. The topological polar surface area (TPSA) is 35.0 Å². The minimum absolute atomic E-state index is 0.709. The van der Waals surface area contributed by atoms with Gasteiger partial charge in [-0.2, -0.15) is 0 Å². The number of ether oxygens (including phenoxy) is 1. The van der Waals surface area contributed by atoms with Crippen LogP contribution in [0.15, 0.2) is 35.1 Å². The van der Waals surface area contributed by atoms with E-state index in [2.05, 4.69) is 25.9 Å². The maximum Gasteiger partial charge on any atom is 0.159 e. The van der Waals surface area contributed by atoms with E-state index in [1.54, 1.807) is 0 Å². The number of nitrogens with zero attached hydrogens (tertiary/aromatic N) is 2. The lowest BCUT2D eigenvalue weighted by Gasteiger charge is -2.22. The molecule has 0 atom stereocenters. The fourth-order valence-corrected chi connectivity index (χ4v) is 3.35. The lowest BCUT2D eigenvalue weighted by atomic mass is 9.90. The van der Waals surface area contributed by atoms with Gasteiger partial charge in [-0.3, -0.25) is 0 Å². The smallest absolute Gasteiger partial charge is 0.159 e. The molecule has 22 heavy (non-hydrogen) atoms. The number of hydrogen-bond acceptors (Lipinski definition) is 3. The van der Waals surface area contributed by atoms with Crippen molar-refractivity contribution in [2.45, 2.75) is 39.0 Å². The van der Waals surface area contributed by atoms with Crippen LogP contribution in [-0.4, -0.2) is 16.6 Å². The molecule has 0 spiro atoms. The van der Waals surface area contributed by atoms with Crippen LogP contribution in [0.3, 0.4) is 0 Å². The van der Waals surface area contributed by atoms with Crippen molar-refractivity contribution >= 4 is 15.9 Å². The highest BCUT2D eigenvalue weighted by Crippen LogP contribution is 2.31. The van der Waals surface area contributed by atoms with Gasteiger partial charge in [0.25, 0.3) is 0 Å². The van der Waals surface area contributed by atoms with Gasteiger partial charge >= 0.3 is 0 Å². The van der Waals surface area contributed by atoms with Crippen molar-refractivity contribution in [3.63, 3.8) is 0 Å². The fraction of sp³-hybridized carbons (Fsp3) is 0.444. The molecule has 1 aromatic heterocycles. The second kappa shape index (κ2) is 7.23. The molecular weight excluding hydrogens is 340 g/mol. The number of rotatable bonds is 4. The lowest BCUT2D eigenvalue weighted by molar-refractivity contribution is 0.208. The Kier molecular flexibility index (Phi) is 5.08. The fourth-order valence-electron chi connectivity index (χ4n) is 2.86. The summed E-state index contributed by atoms with van der Waals surface area (Å²) in [5, 5.41) is 0. The molecular formula is C18H21BrN2O. The van der Waals surface area contributed by atoms with E-state index in [4.69, 9.17) is 4.74 Å². The van der Waals surface area contributed by atoms with Crippen LogP contribution in [0.2, 0.25) is 0 Å². The van der Waals surface area contributed by atoms with Crippen LogP contribution in [0.25, 0.3) is 11.4 Å². The molecule has 1 aromatic carbocycles. The van der Waals surface area contributed by atoms with E-state index in [1.165, 1.54) is 32.1 Å². The molecule has 1 aliphatic carbocycles. The van der Waals surface area contributed by atoms with Crippen LogP contribution in [0.5, 0.6) is 5.75 Å². The van der Waals surface area contributed by atoms with Crippen LogP contribution in [0, 0.1) is 12.8 Å².